The molecule has 2 saturated heterocycles. The van der Waals surface area contributed by atoms with Crippen molar-refractivity contribution >= 4 is 0 Å². The van der Waals surface area contributed by atoms with Gasteiger partial charge in [-0.3, -0.25) is 10.2 Å². The fourth-order valence-electron chi connectivity index (χ4n) is 2.32. The third-order valence-corrected chi connectivity index (χ3v) is 2.85. The summed E-state index contributed by atoms with van der Waals surface area (Å²) in [5.41, 5.74) is 0. The van der Waals surface area contributed by atoms with Gasteiger partial charge in [0, 0.05) is 6.04 Å². The van der Waals surface area contributed by atoms with Crippen molar-refractivity contribution in [3.63, 3.8) is 0 Å². The third kappa shape index (κ3) is 0.789. The molecule has 0 bridgehead atoms. The monoisotopic (exact) mass is 140 g/mol. The van der Waals surface area contributed by atoms with Gasteiger partial charge in [-0.05, 0) is 33.1 Å². The van der Waals surface area contributed by atoms with Gasteiger partial charge in [0.15, 0.2) is 0 Å². The van der Waals surface area contributed by atoms with E-state index >= 15 is 0 Å². The molecule has 0 aromatic heterocycles. The van der Waals surface area contributed by atoms with Gasteiger partial charge < -0.3 is 0 Å². The Labute approximate surface area is 62.6 Å². The van der Waals surface area contributed by atoms with Crippen molar-refractivity contribution in [2.45, 2.75) is 51.5 Å². The molecule has 0 aromatic carbocycles. The van der Waals surface area contributed by atoms with Gasteiger partial charge in [-0.2, -0.15) is 0 Å². The fourth-order valence-corrected chi connectivity index (χ4v) is 2.32. The number of nitrogens with one attached hydrogen (secondary N) is 1. The lowest BCUT2D eigenvalue weighted by Crippen LogP contribution is -2.71. The minimum Gasteiger partial charge on any atom is -0.286 e. The molecule has 2 heteroatoms. The molecule has 2 fully saturated rings. The first-order valence-electron chi connectivity index (χ1n) is 4.32. The molecular weight excluding hydrogens is 124 g/mol. The van der Waals surface area contributed by atoms with E-state index in [1.807, 2.05) is 0 Å². The number of hydrogen-bond donors (Lipinski definition) is 1. The van der Waals surface area contributed by atoms with E-state index in [-0.39, 0.29) is 0 Å². The Morgan fingerprint density at radius 1 is 1.30 bits per heavy atom. The van der Waals surface area contributed by atoms with Gasteiger partial charge in [0.2, 0.25) is 0 Å². The predicted molar refractivity (Wildman–Crippen MR) is 41.5 cm³/mol. The van der Waals surface area contributed by atoms with E-state index in [2.05, 4.69) is 24.1 Å². The van der Waals surface area contributed by atoms with Crippen LogP contribution < -0.4 is 5.32 Å². The van der Waals surface area contributed by atoms with Gasteiger partial charge in [-0.1, -0.05) is 0 Å². The standard InChI is InChI=1S/C8H16N2/c1-6-4-3-5-8-9-7(2)10(6)8/h6-9H,3-5H2,1-2H3. The smallest absolute Gasteiger partial charge is 0.0625 e. The molecule has 0 aliphatic carbocycles. The fraction of sp³-hybridized carbons (Fsp3) is 1.00. The minimum atomic E-state index is 0.639. The Balaban J connectivity index is 2.01. The summed E-state index contributed by atoms with van der Waals surface area (Å²) in [5, 5.41) is 3.50. The van der Waals surface area contributed by atoms with Crippen molar-refractivity contribution < 1.29 is 0 Å². The molecular formula is C8H16N2. The maximum absolute atomic E-state index is 3.50. The van der Waals surface area contributed by atoms with Crippen molar-refractivity contribution in [1.29, 1.82) is 0 Å². The molecule has 2 nitrogen and oxygen atoms in total. The predicted octanol–water partition coefficient (Wildman–Crippen LogP) is 1.14. The van der Waals surface area contributed by atoms with Crippen LogP contribution >= 0.6 is 0 Å². The molecule has 58 valence electrons. The number of rotatable bonds is 0. The molecule has 0 saturated carbocycles. The molecule has 1 N–H and O–H groups in total. The van der Waals surface area contributed by atoms with Crippen molar-refractivity contribution in [3.8, 4) is 0 Å². The van der Waals surface area contributed by atoms with Gasteiger partial charge in [0.05, 0.1) is 12.3 Å². The largest absolute Gasteiger partial charge is 0.286 e. The highest BCUT2D eigenvalue weighted by Crippen LogP contribution is 2.28. The normalized spacial score (nSPS) is 48.0. The zero-order chi connectivity index (χ0) is 7.14. The van der Waals surface area contributed by atoms with E-state index in [4.69, 9.17) is 0 Å². The SMILES string of the molecule is CC1CCCC2NC(C)N12. The van der Waals surface area contributed by atoms with Gasteiger partial charge in [-0.15, -0.1) is 0 Å². The van der Waals surface area contributed by atoms with Gasteiger partial charge >= 0.3 is 0 Å². The Kier molecular flexibility index (Phi) is 1.46. The number of hydrogen-bond acceptors (Lipinski definition) is 2. The quantitative estimate of drug-likeness (QED) is 0.542. The van der Waals surface area contributed by atoms with Crippen molar-refractivity contribution in [3.05, 3.63) is 0 Å². The van der Waals surface area contributed by atoms with E-state index in [1.54, 1.807) is 0 Å². The zero-order valence-electron chi connectivity index (χ0n) is 6.80. The second-order valence-corrected chi connectivity index (χ2v) is 3.59. The van der Waals surface area contributed by atoms with Crippen LogP contribution in [0.2, 0.25) is 0 Å². The highest BCUT2D eigenvalue weighted by Gasteiger charge is 2.39. The summed E-state index contributed by atoms with van der Waals surface area (Å²) in [6.07, 6.45) is 5.51. The van der Waals surface area contributed by atoms with E-state index < -0.39 is 0 Å². The molecule has 0 amide bonds. The first kappa shape index (κ1) is 6.62. The maximum atomic E-state index is 3.50. The highest BCUT2D eigenvalue weighted by molar-refractivity contribution is 4.91. The minimum absolute atomic E-state index is 0.639. The zero-order valence-corrected chi connectivity index (χ0v) is 6.80. The molecule has 10 heavy (non-hydrogen) atoms. The molecule has 2 heterocycles. The van der Waals surface area contributed by atoms with Crippen LogP contribution in [0.25, 0.3) is 0 Å². The summed E-state index contributed by atoms with van der Waals surface area (Å²) in [6.45, 7) is 4.59. The van der Waals surface area contributed by atoms with Gasteiger partial charge in [0.25, 0.3) is 0 Å². The molecule has 2 aliphatic heterocycles. The van der Waals surface area contributed by atoms with E-state index in [1.165, 1.54) is 19.3 Å². The van der Waals surface area contributed by atoms with Crippen LogP contribution in [0, 0.1) is 0 Å². The Bertz CT molecular complexity index is 126. The van der Waals surface area contributed by atoms with Gasteiger partial charge in [0.1, 0.15) is 0 Å². The van der Waals surface area contributed by atoms with Gasteiger partial charge in [-0.25, -0.2) is 0 Å². The molecule has 0 aromatic rings. The number of piperidine rings is 1. The van der Waals surface area contributed by atoms with Crippen molar-refractivity contribution in [1.82, 2.24) is 10.2 Å². The summed E-state index contributed by atoms with van der Waals surface area (Å²) < 4.78 is 0. The lowest BCUT2D eigenvalue weighted by molar-refractivity contribution is -0.0758. The van der Waals surface area contributed by atoms with Crippen LogP contribution in [0.3, 0.4) is 0 Å². The number of fused-ring (bicyclic) bond motifs is 1. The molecule has 2 rings (SSSR count). The average Bonchev–Trinajstić information content (AvgIpc) is 1.85. The molecule has 0 spiro atoms. The molecule has 3 unspecified atom stereocenters. The molecule has 3 atom stereocenters. The Hall–Kier alpha value is -0.0800. The second-order valence-electron chi connectivity index (χ2n) is 3.59. The molecule has 2 aliphatic rings. The Morgan fingerprint density at radius 2 is 2.10 bits per heavy atom. The second kappa shape index (κ2) is 2.21. The van der Waals surface area contributed by atoms with Crippen LogP contribution in [-0.2, 0) is 0 Å². The van der Waals surface area contributed by atoms with Crippen LogP contribution in [0.5, 0.6) is 0 Å². The number of nitrogens with zero attached hydrogens (tertiary/aromatic N) is 1. The topological polar surface area (TPSA) is 15.3 Å². The lowest BCUT2D eigenvalue weighted by Gasteiger charge is -2.54. The highest BCUT2D eigenvalue weighted by atomic mass is 15.5. The van der Waals surface area contributed by atoms with Crippen molar-refractivity contribution in [2.24, 2.45) is 0 Å². The lowest BCUT2D eigenvalue weighted by atomic mass is 9.96. The van der Waals surface area contributed by atoms with E-state index in [9.17, 15) is 0 Å². The maximum Gasteiger partial charge on any atom is 0.0625 e. The van der Waals surface area contributed by atoms with Crippen LogP contribution in [0.1, 0.15) is 33.1 Å². The summed E-state index contributed by atoms with van der Waals surface area (Å²) in [5.74, 6) is 0. The first-order valence-corrected chi connectivity index (χ1v) is 4.32. The summed E-state index contributed by atoms with van der Waals surface area (Å²) in [6, 6.07) is 0.815. The van der Waals surface area contributed by atoms with Crippen LogP contribution in [0.15, 0.2) is 0 Å². The summed E-state index contributed by atoms with van der Waals surface area (Å²) in [7, 11) is 0. The summed E-state index contributed by atoms with van der Waals surface area (Å²) >= 11 is 0. The van der Waals surface area contributed by atoms with Crippen molar-refractivity contribution in [2.75, 3.05) is 0 Å². The molecule has 0 radical (unpaired) electrons. The van der Waals surface area contributed by atoms with Crippen LogP contribution in [-0.4, -0.2) is 23.3 Å². The third-order valence-electron chi connectivity index (χ3n) is 2.85. The van der Waals surface area contributed by atoms with E-state index in [0.717, 1.165) is 12.2 Å². The Morgan fingerprint density at radius 3 is 2.60 bits per heavy atom. The first-order chi connectivity index (χ1) is 4.79. The summed E-state index contributed by atoms with van der Waals surface area (Å²) in [4.78, 5) is 2.59. The average molecular weight is 140 g/mol. The van der Waals surface area contributed by atoms with E-state index in [0.29, 0.717) is 6.17 Å². The van der Waals surface area contributed by atoms with Crippen LogP contribution in [0.4, 0.5) is 0 Å².